The number of nitrogens with two attached hydrogens (primary N) is 1. The number of aryl methyl sites for hydroxylation is 1. The molecule has 1 heterocycles. The average molecular weight is 226 g/mol. The number of anilines is 1. The Morgan fingerprint density at radius 3 is 3.00 bits per heavy atom. The molecule has 3 nitrogen and oxygen atoms in total. The maximum absolute atomic E-state index is 5.81. The van der Waals surface area contributed by atoms with Crippen molar-refractivity contribution in [3.63, 3.8) is 0 Å². The topological polar surface area (TPSA) is 54.7 Å². The Morgan fingerprint density at radius 1 is 1.50 bits per heavy atom. The lowest BCUT2D eigenvalue weighted by Gasteiger charge is -1.97. The fourth-order valence-electron chi connectivity index (χ4n) is 1.31. The van der Waals surface area contributed by atoms with Gasteiger partial charge in [-0.25, -0.2) is 0 Å². The van der Waals surface area contributed by atoms with Crippen molar-refractivity contribution in [3.05, 3.63) is 22.3 Å². The molecule has 0 aliphatic rings. The monoisotopic (exact) mass is 225 g/mol. The van der Waals surface area contributed by atoms with E-state index in [0.717, 1.165) is 26.8 Å². The molecule has 0 aliphatic heterocycles. The number of hydrogen-bond acceptors (Lipinski definition) is 2. The first kappa shape index (κ1) is 7.61. The highest BCUT2D eigenvalue weighted by atomic mass is 79.9. The minimum Gasteiger partial charge on any atom is -0.398 e. The van der Waals surface area contributed by atoms with E-state index in [1.165, 1.54) is 0 Å². The van der Waals surface area contributed by atoms with Gasteiger partial charge in [-0.15, -0.1) is 0 Å². The van der Waals surface area contributed by atoms with Crippen LogP contribution in [0, 0.1) is 6.92 Å². The highest BCUT2D eigenvalue weighted by molar-refractivity contribution is 9.10. The molecule has 0 atom stereocenters. The predicted molar refractivity (Wildman–Crippen MR) is 52.9 cm³/mol. The van der Waals surface area contributed by atoms with Gasteiger partial charge in [-0.2, -0.15) is 5.10 Å². The van der Waals surface area contributed by atoms with Gasteiger partial charge in [0.1, 0.15) is 0 Å². The molecule has 1 aromatic carbocycles. The number of benzene rings is 1. The van der Waals surface area contributed by atoms with Crippen LogP contribution < -0.4 is 5.73 Å². The van der Waals surface area contributed by atoms with Crippen LogP contribution in [0.3, 0.4) is 0 Å². The summed E-state index contributed by atoms with van der Waals surface area (Å²) in [6.07, 6.45) is 0. The van der Waals surface area contributed by atoms with Gasteiger partial charge in [0.15, 0.2) is 0 Å². The number of nitrogens with one attached hydrogen (secondary N) is 1. The molecule has 0 unspecified atom stereocenters. The Kier molecular flexibility index (Phi) is 1.58. The van der Waals surface area contributed by atoms with Crippen molar-refractivity contribution in [2.75, 3.05) is 5.73 Å². The van der Waals surface area contributed by atoms with Gasteiger partial charge in [-0.1, -0.05) is 15.9 Å². The summed E-state index contributed by atoms with van der Waals surface area (Å²) in [4.78, 5) is 0. The Morgan fingerprint density at radius 2 is 2.25 bits per heavy atom. The third-order valence-electron chi connectivity index (χ3n) is 1.83. The van der Waals surface area contributed by atoms with Crippen molar-refractivity contribution in [2.24, 2.45) is 0 Å². The molecule has 0 saturated heterocycles. The average Bonchev–Trinajstić information content (AvgIpc) is 2.31. The van der Waals surface area contributed by atoms with E-state index >= 15 is 0 Å². The standard InChI is InChI=1S/C8H8BrN3/c1-4-8-6(10)2-5(9)3-7(8)12-11-4/h2-3H,10H2,1H3,(H,11,12). The Balaban J connectivity index is 2.93. The number of aromatic amines is 1. The fourth-order valence-corrected chi connectivity index (χ4v) is 1.77. The minimum atomic E-state index is 0.755. The molecule has 12 heavy (non-hydrogen) atoms. The molecule has 0 bridgehead atoms. The third kappa shape index (κ3) is 0.992. The molecular weight excluding hydrogens is 218 g/mol. The molecule has 0 saturated carbocycles. The first-order valence-electron chi connectivity index (χ1n) is 3.58. The Labute approximate surface area is 78.1 Å². The van der Waals surface area contributed by atoms with E-state index in [9.17, 15) is 0 Å². The SMILES string of the molecule is Cc1[nH]nc2cc(Br)cc(N)c12. The van der Waals surface area contributed by atoms with E-state index in [-0.39, 0.29) is 0 Å². The van der Waals surface area contributed by atoms with Gasteiger partial charge < -0.3 is 5.73 Å². The lowest BCUT2D eigenvalue weighted by Crippen LogP contribution is -1.86. The molecule has 62 valence electrons. The smallest absolute Gasteiger partial charge is 0.0955 e. The van der Waals surface area contributed by atoms with E-state index in [1.807, 2.05) is 19.1 Å². The summed E-state index contributed by atoms with van der Waals surface area (Å²) >= 11 is 3.36. The van der Waals surface area contributed by atoms with Crippen molar-refractivity contribution >= 4 is 32.5 Å². The molecule has 0 radical (unpaired) electrons. The molecule has 1 aromatic heterocycles. The number of H-pyrrole nitrogens is 1. The van der Waals surface area contributed by atoms with Gasteiger partial charge in [0.05, 0.1) is 5.52 Å². The largest absolute Gasteiger partial charge is 0.398 e. The second-order valence-electron chi connectivity index (χ2n) is 2.74. The van der Waals surface area contributed by atoms with E-state index in [4.69, 9.17) is 5.73 Å². The summed E-state index contributed by atoms with van der Waals surface area (Å²) in [5.41, 5.74) is 8.48. The van der Waals surface area contributed by atoms with E-state index < -0.39 is 0 Å². The molecule has 0 amide bonds. The van der Waals surface area contributed by atoms with Crippen molar-refractivity contribution in [1.82, 2.24) is 10.2 Å². The molecule has 0 spiro atoms. The lowest BCUT2D eigenvalue weighted by atomic mass is 10.2. The Hall–Kier alpha value is -1.03. The number of nitrogen functional groups attached to an aromatic ring is 1. The Bertz CT molecular complexity index is 433. The van der Waals surface area contributed by atoms with Crippen molar-refractivity contribution < 1.29 is 0 Å². The number of aromatic nitrogens is 2. The zero-order valence-corrected chi connectivity index (χ0v) is 8.14. The molecule has 0 fully saturated rings. The van der Waals surface area contributed by atoms with Crippen LogP contribution in [0.15, 0.2) is 16.6 Å². The summed E-state index contributed by atoms with van der Waals surface area (Å²) in [5, 5.41) is 8.01. The number of halogens is 1. The van der Waals surface area contributed by atoms with Crippen molar-refractivity contribution in [2.45, 2.75) is 6.92 Å². The van der Waals surface area contributed by atoms with E-state index in [1.54, 1.807) is 0 Å². The first-order chi connectivity index (χ1) is 5.68. The van der Waals surface area contributed by atoms with Gasteiger partial charge in [0.25, 0.3) is 0 Å². The second kappa shape index (κ2) is 2.48. The first-order valence-corrected chi connectivity index (χ1v) is 4.37. The van der Waals surface area contributed by atoms with Gasteiger partial charge in [-0.3, -0.25) is 5.10 Å². The molecular formula is C8H8BrN3. The summed E-state index contributed by atoms with van der Waals surface area (Å²) in [7, 11) is 0. The number of fused-ring (bicyclic) bond motifs is 1. The summed E-state index contributed by atoms with van der Waals surface area (Å²) < 4.78 is 0.957. The highest BCUT2D eigenvalue weighted by Gasteiger charge is 2.05. The maximum atomic E-state index is 5.81. The molecule has 2 aromatic rings. The van der Waals surface area contributed by atoms with Crippen LogP contribution >= 0.6 is 15.9 Å². The van der Waals surface area contributed by atoms with Crippen LogP contribution in [0.25, 0.3) is 10.9 Å². The maximum Gasteiger partial charge on any atom is 0.0955 e. The number of rotatable bonds is 0. The number of nitrogens with zero attached hydrogens (tertiary/aromatic N) is 1. The zero-order valence-electron chi connectivity index (χ0n) is 6.56. The van der Waals surface area contributed by atoms with Gasteiger partial charge in [-0.05, 0) is 19.1 Å². The quantitative estimate of drug-likeness (QED) is 0.676. The van der Waals surface area contributed by atoms with E-state index in [0.29, 0.717) is 0 Å². The minimum absolute atomic E-state index is 0.755. The lowest BCUT2D eigenvalue weighted by molar-refractivity contribution is 1.07. The van der Waals surface area contributed by atoms with Crippen LogP contribution in [0.1, 0.15) is 5.69 Å². The van der Waals surface area contributed by atoms with Gasteiger partial charge >= 0.3 is 0 Å². The molecule has 0 aliphatic carbocycles. The molecule has 2 rings (SSSR count). The molecule has 3 N–H and O–H groups in total. The van der Waals surface area contributed by atoms with Crippen LogP contribution in [0.5, 0.6) is 0 Å². The second-order valence-corrected chi connectivity index (χ2v) is 3.65. The van der Waals surface area contributed by atoms with E-state index in [2.05, 4.69) is 26.1 Å². The zero-order chi connectivity index (χ0) is 8.72. The normalized spacial score (nSPS) is 10.8. The number of hydrogen-bond donors (Lipinski definition) is 2. The van der Waals surface area contributed by atoms with Crippen LogP contribution in [0.4, 0.5) is 5.69 Å². The van der Waals surface area contributed by atoms with Gasteiger partial charge in [0, 0.05) is 21.2 Å². The fraction of sp³-hybridized carbons (Fsp3) is 0.125. The summed E-state index contributed by atoms with van der Waals surface area (Å²) in [6.45, 7) is 1.96. The van der Waals surface area contributed by atoms with Crippen LogP contribution in [0.2, 0.25) is 0 Å². The summed E-state index contributed by atoms with van der Waals surface area (Å²) in [6, 6.07) is 3.82. The van der Waals surface area contributed by atoms with Gasteiger partial charge in [0.2, 0.25) is 0 Å². The van der Waals surface area contributed by atoms with Crippen molar-refractivity contribution in [3.8, 4) is 0 Å². The van der Waals surface area contributed by atoms with Crippen molar-refractivity contribution in [1.29, 1.82) is 0 Å². The van der Waals surface area contributed by atoms with Crippen LogP contribution in [-0.2, 0) is 0 Å². The van der Waals surface area contributed by atoms with Crippen LogP contribution in [-0.4, -0.2) is 10.2 Å². The molecule has 4 heteroatoms. The highest BCUT2D eigenvalue weighted by Crippen LogP contribution is 2.26. The predicted octanol–water partition coefficient (Wildman–Crippen LogP) is 2.22. The third-order valence-corrected chi connectivity index (χ3v) is 2.29. The summed E-state index contributed by atoms with van der Waals surface area (Å²) in [5.74, 6) is 0.